The fraction of sp³-hybridized carbons (Fsp3) is 0.278. The Morgan fingerprint density at radius 2 is 1.57 bits per heavy atom. The second-order valence-corrected chi connectivity index (χ2v) is 4.91. The Labute approximate surface area is 136 Å². The Morgan fingerprint density at radius 3 is 2.09 bits per heavy atom. The Bertz CT molecular complexity index is 630. The highest BCUT2D eigenvalue weighted by molar-refractivity contribution is 5.94. The van der Waals surface area contributed by atoms with E-state index in [1.165, 1.54) is 0 Å². The molecule has 0 aromatic heterocycles. The molecule has 2 rings (SSSR count). The zero-order chi connectivity index (χ0) is 16.7. The van der Waals surface area contributed by atoms with E-state index in [9.17, 15) is 4.79 Å². The molecule has 0 atom stereocenters. The van der Waals surface area contributed by atoms with Crippen LogP contribution in [0.15, 0.2) is 42.5 Å². The molecule has 1 N–H and O–H groups in total. The van der Waals surface area contributed by atoms with E-state index in [2.05, 4.69) is 5.32 Å². The van der Waals surface area contributed by atoms with Crippen LogP contribution in [0, 0.1) is 0 Å². The lowest BCUT2D eigenvalue weighted by Gasteiger charge is -2.14. The van der Waals surface area contributed by atoms with Crippen LogP contribution >= 0.6 is 0 Å². The molecule has 23 heavy (non-hydrogen) atoms. The summed E-state index contributed by atoms with van der Waals surface area (Å²) in [6, 6.07) is 12.9. The number of carbonyl (C=O) groups excluding carboxylic acids is 1. The van der Waals surface area contributed by atoms with Crippen molar-refractivity contribution < 1.29 is 19.0 Å². The zero-order valence-corrected chi connectivity index (χ0v) is 13.6. The van der Waals surface area contributed by atoms with Crippen molar-refractivity contribution in [3.8, 4) is 17.2 Å². The monoisotopic (exact) mass is 315 g/mol. The van der Waals surface area contributed by atoms with Gasteiger partial charge in [-0.15, -0.1) is 0 Å². The molecule has 0 saturated heterocycles. The van der Waals surface area contributed by atoms with E-state index in [0.717, 1.165) is 5.56 Å². The number of methoxy groups -OCH3 is 3. The predicted octanol–water partition coefficient (Wildman–Crippen LogP) is 2.68. The largest absolute Gasteiger partial charge is 0.493 e. The van der Waals surface area contributed by atoms with Crippen LogP contribution in [0.25, 0.3) is 0 Å². The lowest BCUT2D eigenvalue weighted by atomic mass is 10.1. The summed E-state index contributed by atoms with van der Waals surface area (Å²) in [5.41, 5.74) is 1.64. The number of amides is 1. The van der Waals surface area contributed by atoms with Crippen LogP contribution in [0.4, 0.5) is 0 Å². The summed E-state index contributed by atoms with van der Waals surface area (Å²) >= 11 is 0. The van der Waals surface area contributed by atoms with E-state index >= 15 is 0 Å². The Kier molecular flexibility index (Phi) is 5.86. The smallest absolute Gasteiger partial charge is 0.251 e. The third-order valence-electron chi connectivity index (χ3n) is 3.46. The summed E-state index contributed by atoms with van der Waals surface area (Å²) in [5.74, 6) is 1.69. The van der Waals surface area contributed by atoms with E-state index < -0.39 is 0 Å². The second-order valence-electron chi connectivity index (χ2n) is 4.91. The highest BCUT2D eigenvalue weighted by Gasteiger charge is 2.13. The minimum Gasteiger partial charge on any atom is -0.493 e. The molecule has 122 valence electrons. The first-order valence-corrected chi connectivity index (χ1v) is 7.31. The molecule has 2 aromatic rings. The molecule has 0 spiro atoms. The molecule has 5 nitrogen and oxygen atoms in total. The standard InChI is InChI=1S/C18H21NO4/c1-21-15-11-13(12-16(22-2)17(15)23-3)9-10-19-18(20)14-7-5-4-6-8-14/h4-8,11-12H,9-10H2,1-3H3,(H,19,20). The number of ether oxygens (including phenoxy) is 3. The number of benzene rings is 2. The van der Waals surface area contributed by atoms with Crippen molar-refractivity contribution in [1.29, 1.82) is 0 Å². The third-order valence-corrected chi connectivity index (χ3v) is 3.46. The SMILES string of the molecule is COc1cc(CCNC(=O)c2ccccc2)cc(OC)c1OC. The maximum absolute atomic E-state index is 12.0. The van der Waals surface area contributed by atoms with Gasteiger partial charge in [-0.1, -0.05) is 18.2 Å². The van der Waals surface area contributed by atoms with Crippen molar-refractivity contribution in [3.05, 3.63) is 53.6 Å². The van der Waals surface area contributed by atoms with Crippen LogP contribution in [0.1, 0.15) is 15.9 Å². The van der Waals surface area contributed by atoms with Crippen LogP contribution in [0.3, 0.4) is 0 Å². The molecule has 0 saturated carbocycles. The first kappa shape index (κ1) is 16.7. The van der Waals surface area contributed by atoms with Crippen molar-refractivity contribution in [2.45, 2.75) is 6.42 Å². The van der Waals surface area contributed by atoms with Gasteiger partial charge in [-0.25, -0.2) is 0 Å². The first-order valence-electron chi connectivity index (χ1n) is 7.31. The van der Waals surface area contributed by atoms with Gasteiger partial charge < -0.3 is 19.5 Å². The van der Waals surface area contributed by atoms with Crippen LogP contribution in [0.2, 0.25) is 0 Å². The quantitative estimate of drug-likeness (QED) is 0.853. The van der Waals surface area contributed by atoms with Crippen LogP contribution in [0.5, 0.6) is 17.2 Å². The Balaban J connectivity index is 2.02. The summed E-state index contributed by atoms with van der Waals surface area (Å²) in [4.78, 5) is 12.0. The molecule has 0 aliphatic rings. The van der Waals surface area contributed by atoms with Crippen molar-refractivity contribution in [3.63, 3.8) is 0 Å². The Morgan fingerprint density at radius 1 is 0.957 bits per heavy atom. The molecule has 0 radical (unpaired) electrons. The van der Waals surface area contributed by atoms with Gasteiger partial charge in [-0.3, -0.25) is 4.79 Å². The van der Waals surface area contributed by atoms with Gasteiger partial charge in [0.15, 0.2) is 11.5 Å². The van der Waals surface area contributed by atoms with Crippen LogP contribution < -0.4 is 19.5 Å². The first-order chi connectivity index (χ1) is 11.2. The van der Waals surface area contributed by atoms with Gasteiger partial charge in [0, 0.05) is 12.1 Å². The summed E-state index contributed by atoms with van der Waals surface area (Å²) in [6.07, 6.45) is 0.662. The molecule has 0 unspecified atom stereocenters. The van der Waals surface area contributed by atoms with Gasteiger partial charge in [0.1, 0.15) is 0 Å². The molecule has 0 aliphatic heterocycles. The van der Waals surface area contributed by atoms with Gasteiger partial charge in [0.05, 0.1) is 21.3 Å². The van der Waals surface area contributed by atoms with E-state index in [0.29, 0.717) is 35.8 Å². The van der Waals surface area contributed by atoms with Crippen LogP contribution in [-0.4, -0.2) is 33.8 Å². The second kappa shape index (κ2) is 8.08. The zero-order valence-electron chi connectivity index (χ0n) is 13.6. The number of nitrogens with one attached hydrogen (secondary N) is 1. The van der Waals surface area contributed by atoms with E-state index in [4.69, 9.17) is 14.2 Å². The van der Waals surface area contributed by atoms with Crippen molar-refractivity contribution in [2.75, 3.05) is 27.9 Å². The average molecular weight is 315 g/mol. The lowest BCUT2D eigenvalue weighted by Crippen LogP contribution is -2.25. The number of carbonyl (C=O) groups is 1. The molecular weight excluding hydrogens is 294 g/mol. The maximum atomic E-state index is 12.0. The van der Waals surface area contributed by atoms with Crippen molar-refractivity contribution in [2.24, 2.45) is 0 Å². The number of hydrogen-bond acceptors (Lipinski definition) is 4. The minimum absolute atomic E-state index is 0.0851. The number of rotatable bonds is 7. The molecule has 1 amide bonds. The minimum atomic E-state index is -0.0851. The van der Waals surface area contributed by atoms with Crippen molar-refractivity contribution in [1.82, 2.24) is 5.32 Å². The van der Waals surface area contributed by atoms with Gasteiger partial charge >= 0.3 is 0 Å². The molecule has 0 fully saturated rings. The predicted molar refractivity (Wildman–Crippen MR) is 88.6 cm³/mol. The average Bonchev–Trinajstić information content (AvgIpc) is 2.61. The molecule has 0 heterocycles. The highest BCUT2D eigenvalue weighted by atomic mass is 16.5. The summed E-state index contributed by atoms with van der Waals surface area (Å²) in [7, 11) is 4.73. The normalized spacial score (nSPS) is 10.0. The summed E-state index contributed by atoms with van der Waals surface area (Å²) in [5, 5.41) is 2.90. The van der Waals surface area contributed by atoms with E-state index in [-0.39, 0.29) is 5.91 Å². The van der Waals surface area contributed by atoms with Gasteiger partial charge in [0.25, 0.3) is 5.91 Å². The molecule has 2 aromatic carbocycles. The molecule has 0 bridgehead atoms. The fourth-order valence-electron chi connectivity index (χ4n) is 2.29. The van der Waals surface area contributed by atoms with E-state index in [1.54, 1.807) is 33.5 Å². The lowest BCUT2D eigenvalue weighted by molar-refractivity contribution is 0.0954. The fourth-order valence-corrected chi connectivity index (χ4v) is 2.29. The third kappa shape index (κ3) is 4.16. The molecular formula is C18H21NO4. The summed E-state index contributed by atoms with van der Waals surface area (Å²) in [6.45, 7) is 0.520. The summed E-state index contributed by atoms with van der Waals surface area (Å²) < 4.78 is 15.9. The Hall–Kier alpha value is -2.69. The van der Waals surface area contributed by atoms with Gasteiger partial charge in [-0.2, -0.15) is 0 Å². The molecule has 0 aliphatic carbocycles. The van der Waals surface area contributed by atoms with Gasteiger partial charge in [-0.05, 0) is 36.2 Å². The maximum Gasteiger partial charge on any atom is 0.251 e. The molecule has 5 heteroatoms. The number of hydrogen-bond donors (Lipinski definition) is 1. The van der Waals surface area contributed by atoms with Crippen molar-refractivity contribution >= 4 is 5.91 Å². The topological polar surface area (TPSA) is 56.8 Å². The van der Waals surface area contributed by atoms with E-state index in [1.807, 2.05) is 30.3 Å². The highest BCUT2D eigenvalue weighted by Crippen LogP contribution is 2.38. The van der Waals surface area contributed by atoms with Gasteiger partial charge in [0.2, 0.25) is 5.75 Å². The van der Waals surface area contributed by atoms with Crippen LogP contribution in [-0.2, 0) is 6.42 Å².